The first-order valence-corrected chi connectivity index (χ1v) is 12.6. The Hall–Kier alpha value is -3.64. The van der Waals surface area contributed by atoms with Crippen LogP contribution in [-0.2, 0) is 0 Å². The van der Waals surface area contributed by atoms with Crippen molar-refractivity contribution in [2.24, 2.45) is 0 Å². The van der Waals surface area contributed by atoms with Gasteiger partial charge in [0.25, 0.3) is 0 Å². The summed E-state index contributed by atoms with van der Waals surface area (Å²) < 4.78 is 18.6. The van der Waals surface area contributed by atoms with E-state index in [9.17, 15) is 10.2 Å². The first-order valence-electron chi connectivity index (χ1n) is 12.6. The molecular formula is C30H33NO5. The molecule has 1 unspecified atom stereocenters. The van der Waals surface area contributed by atoms with Crippen molar-refractivity contribution in [1.82, 2.24) is 4.90 Å². The van der Waals surface area contributed by atoms with Gasteiger partial charge in [0.15, 0.2) is 0 Å². The molecule has 0 fully saturated rings. The summed E-state index contributed by atoms with van der Waals surface area (Å²) in [5, 5.41) is 20.2. The van der Waals surface area contributed by atoms with Gasteiger partial charge >= 0.3 is 0 Å². The Morgan fingerprint density at radius 1 is 0.944 bits per heavy atom. The molecular weight excluding hydrogens is 454 g/mol. The van der Waals surface area contributed by atoms with Crippen LogP contribution in [-0.4, -0.2) is 47.5 Å². The monoisotopic (exact) mass is 487 g/mol. The Balaban J connectivity index is 1.48. The van der Waals surface area contributed by atoms with Gasteiger partial charge in [-0.05, 0) is 67.9 Å². The average Bonchev–Trinajstić information content (AvgIpc) is 3.05. The maximum absolute atomic E-state index is 10.1. The fourth-order valence-corrected chi connectivity index (χ4v) is 5.07. The maximum atomic E-state index is 10.1. The highest BCUT2D eigenvalue weighted by Crippen LogP contribution is 2.51. The van der Waals surface area contributed by atoms with Gasteiger partial charge in [-0.3, -0.25) is 4.90 Å². The van der Waals surface area contributed by atoms with Crippen LogP contribution in [0.1, 0.15) is 50.0 Å². The van der Waals surface area contributed by atoms with Crippen molar-refractivity contribution in [3.63, 3.8) is 0 Å². The standard InChI is InChI=1S/C30H33NO5/c1-4-31(19(2)3)14-16-34-23-9-5-20(6-10-23)30-29-25(24-11-7-22(33)18-28(24)36-30)13-15-35-27-17-21(32)8-12-26(27)29/h5-12,17-19,30,32-33H,4,13-16H2,1-3H3. The summed E-state index contributed by atoms with van der Waals surface area (Å²) in [5.41, 5.74) is 4.97. The van der Waals surface area contributed by atoms with Crippen LogP contribution in [0.2, 0.25) is 0 Å². The molecule has 0 bridgehead atoms. The second-order valence-corrected chi connectivity index (χ2v) is 9.49. The van der Waals surface area contributed by atoms with Crippen molar-refractivity contribution >= 4 is 11.1 Å². The van der Waals surface area contributed by atoms with Gasteiger partial charge in [-0.2, -0.15) is 0 Å². The third kappa shape index (κ3) is 4.73. The Bertz CT molecular complexity index is 1260. The highest BCUT2D eigenvalue weighted by Gasteiger charge is 2.34. The van der Waals surface area contributed by atoms with Gasteiger partial charge in [-0.1, -0.05) is 19.1 Å². The zero-order chi connectivity index (χ0) is 25.2. The first kappa shape index (κ1) is 24.1. The molecule has 36 heavy (non-hydrogen) atoms. The highest BCUT2D eigenvalue weighted by molar-refractivity contribution is 5.98. The third-order valence-electron chi connectivity index (χ3n) is 6.95. The summed E-state index contributed by atoms with van der Waals surface area (Å²) >= 11 is 0. The lowest BCUT2D eigenvalue weighted by molar-refractivity contribution is 0.183. The molecule has 2 aliphatic heterocycles. The van der Waals surface area contributed by atoms with Crippen LogP contribution in [0.4, 0.5) is 0 Å². The molecule has 0 aliphatic carbocycles. The summed E-state index contributed by atoms with van der Waals surface area (Å²) in [6, 6.07) is 19.0. The number of likely N-dealkylation sites (N-methyl/N-ethyl adjacent to an activating group) is 1. The van der Waals surface area contributed by atoms with Gasteiger partial charge in [-0.15, -0.1) is 0 Å². The quantitative estimate of drug-likeness (QED) is 0.424. The van der Waals surface area contributed by atoms with Gasteiger partial charge in [0.2, 0.25) is 0 Å². The number of phenolic OH excluding ortho intramolecular Hbond substituents is 2. The van der Waals surface area contributed by atoms with E-state index < -0.39 is 6.10 Å². The van der Waals surface area contributed by atoms with Crippen molar-refractivity contribution < 1.29 is 24.4 Å². The van der Waals surface area contributed by atoms with E-state index >= 15 is 0 Å². The average molecular weight is 488 g/mol. The number of phenols is 2. The molecule has 2 heterocycles. The molecule has 0 amide bonds. The molecule has 2 aliphatic rings. The SMILES string of the molecule is CCN(CCOc1ccc(C2Oc3cc(O)ccc3C3=C2c2ccc(O)cc2OCC3)cc1)C(C)C. The van der Waals surface area contributed by atoms with E-state index in [1.54, 1.807) is 24.3 Å². The minimum absolute atomic E-state index is 0.164. The lowest BCUT2D eigenvalue weighted by Crippen LogP contribution is -2.34. The fourth-order valence-electron chi connectivity index (χ4n) is 5.07. The Morgan fingerprint density at radius 3 is 2.33 bits per heavy atom. The van der Waals surface area contributed by atoms with Crippen LogP contribution < -0.4 is 14.2 Å². The molecule has 0 saturated carbocycles. The summed E-state index contributed by atoms with van der Waals surface area (Å²) in [4.78, 5) is 2.37. The van der Waals surface area contributed by atoms with Crippen LogP contribution >= 0.6 is 0 Å². The predicted molar refractivity (Wildman–Crippen MR) is 141 cm³/mol. The third-order valence-corrected chi connectivity index (χ3v) is 6.95. The normalized spacial score (nSPS) is 16.5. The smallest absolute Gasteiger partial charge is 0.150 e. The Kier molecular flexibility index (Phi) is 6.79. The fraction of sp³-hybridized carbons (Fsp3) is 0.333. The van der Waals surface area contributed by atoms with Gasteiger partial charge in [0, 0.05) is 47.8 Å². The number of benzene rings is 3. The van der Waals surface area contributed by atoms with Crippen molar-refractivity contribution in [3.8, 4) is 28.7 Å². The number of rotatable bonds is 7. The number of nitrogens with zero attached hydrogens (tertiary/aromatic N) is 1. The van der Waals surface area contributed by atoms with Gasteiger partial charge in [0.1, 0.15) is 41.5 Å². The molecule has 3 aromatic rings. The molecule has 0 radical (unpaired) electrons. The first-order chi connectivity index (χ1) is 17.4. The van der Waals surface area contributed by atoms with E-state index in [1.165, 1.54) is 0 Å². The Morgan fingerprint density at radius 2 is 1.64 bits per heavy atom. The van der Waals surface area contributed by atoms with E-state index in [2.05, 4.69) is 25.7 Å². The number of hydrogen-bond donors (Lipinski definition) is 2. The zero-order valence-corrected chi connectivity index (χ0v) is 21.0. The van der Waals surface area contributed by atoms with Crippen molar-refractivity contribution in [2.75, 3.05) is 26.3 Å². The summed E-state index contributed by atoms with van der Waals surface area (Å²) in [7, 11) is 0. The minimum Gasteiger partial charge on any atom is -0.508 e. The molecule has 2 N–H and O–H groups in total. The van der Waals surface area contributed by atoms with Crippen molar-refractivity contribution in [3.05, 3.63) is 77.4 Å². The van der Waals surface area contributed by atoms with E-state index in [-0.39, 0.29) is 11.5 Å². The molecule has 6 nitrogen and oxygen atoms in total. The zero-order valence-electron chi connectivity index (χ0n) is 21.0. The number of aromatic hydroxyl groups is 2. The number of ether oxygens (including phenoxy) is 3. The van der Waals surface area contributed by atoms with E-state index in [1.807, 2.05) is 36.4 Å². The predicted octanol–water partition coefficient (Wildman–Crippen LogP) is 6.03. The molecule has 0 spiro atoms. The minimum atomic E-state index is -0.398. The second-order valence-electron chi connectivity index (χ2n) is 9.49. The molecule has 6 heteroatoms. The summed E-state index contributed by atoms with van der Waals surface area (Å²) in [6.45, 7) is 9.54. The Labute approximate surface area is 212 Å². The van der Waals surface area contributed by atoms with E-state index in [0.29, 0.717) is 37.2 Å². The lowest BCUT2D eigenvalue weighted by atomic mass is 9.84. The van der Waals surface area contributed by atoms with Gasteiger partial charge in [0.05, 0.1) is 6.61 Å². The van der Waals surface area contributed by atoms with Crippen molar-refractivity contribution in [2.45, 2.75) is 39.3 Å². The van der Waals surface area contributed by atoms with Crippen LogP contribution in [0.3, 0.4) is 0 Å². The summed E-state index contributed by atoms with van der Waals surface area (Å²) in [5.74, 6) is 2.43. The molecule has 0 aromatic heterocycles. The van der Waals surface area contributed by atoms with Gasteiger partial charge in [-0.25, -0.2) is 0 Å². The number of hydrogen-bond acceptors (Lipinski definition) is 6. The largest absolute Gasteiger partial charge is 0.508 e. The number of fused-ring (bicyclic) bond motifs is 4. The summed E-state index contributed by atoms with van der Waals surface area (Å²) in [6.07, 6.45) is 0.290. The topological polar surface area (TPSA) is 71.4 Å². The highest BCUT2D eigenvalue weighted by atomic mass is 16.5. The molecule has 3 aromatic carbocycles. The van der Waals surface area contributed by atoms with Gasteiger partial charge < -0.3 is 24.4 Å². The van der Waals surface area contributed by atoms with Crippen LogP contribution in [0.25, 0.3) is 11.1 Å². The molecule has 0 saturated heterocycles. The van der Waals surface area contributed by atoms with Crippen LogP contribution in [0.5, 0.6) is 28.7 Å². The van der Waals surface area contributed by atoms with E-state index in [4.69, 9.17) is 14.2 Å². The molecule has 188 valence electrons. The second kappa shape index (κ2) is 10.2. The lowest BCUT2D eigenvalue weighted by Gasteiger charge is -2.31. The molecule has 5 rings (SSSR count). The van der Waals surface area contributed by atoms with Crippen molar-refractivity contribution in [1.29, 1.82) is 0 Å². The van der Waals surface area contributed by atoms with Crippen LogP contribution in [0, 0.1) is 0 Å². The van der Waals surface area contributed by atoms with E-state index in [0.717, 1.165) is 46.7 Å². The maximum Gasteiger partial charge on any atom is 0.150 e. The van der Waals surface area contributed by atoms with Crippen LogP contribution in [0.15, 0.2) is 60.7 Å². The molecule has 1 atom stereocenters.